The number of nitrogens with one attached hydrogen (secondary N) is 3. The van der Waals surface area contributed by atoms with Gasteiger partial charge in [-0.25, -0.2) is 0 Å². The third-order valence-electron chi connectivity index (χ3n) is 5.03. The number of carbonyl (C=O) groups excluding carboxylic acids is 2. The van der Waals surface area contributed by atoms with Crippen LogP contribution in [0.2, 0.25) is 5.02 Å². The lowest BCUT2D eigenvalue weighted by Crippen LogP contribution is -2.44. The van der Waals surface area contributed by atoms with Crippen molar-refractivity contribution >= 4 is 47.2 Å². The topological polar surface area (TPSA) is 70.2 Å². The molecule has 1 aromatic carbocycles. The summed E-state index contributed by atoms with van der Waals surface area (Å²) in [6.45, 7) is 3.10. The van der Waals surface area contributed by atoms with Gasteiger partial charge in [0, 0.05) is 19.2 Å². The first-order chi connectivity index (χ1) is 11.0. The van der Waals surface area contributed by atoms with E-state index in [1.807, 2.05) is 0 Å². The quantitative estimate of drug-likeness (QED) is 0.761. The van der Waals surface area contributed by atoms with E-state index in [0.717, 1.165) is 32.4 Å². The summed E-state index contributed by atoms with van der Waals surface area (Å²) in [5.41, 5.74) is 0.874. The van der Waals surface area contributed by atoms with E-state index in [4.69, 9.17) is 11.6 Å². The average molecular weight is 372 g/mol. The van der Waals surface area contributed by atoms with Crippen molar-refractivity contribution in [3.63, 3.8) is 0 Å². The Morgan fingerprint density at radius 3 is 2.83 bits per heavy atom. The third kappa shape index (κ3) is 3.68. The van der Waals surface area contributed by atoms with Crippen molar-refractivity contribution < 1.29 is 9.59 Å². The van der Waals surface area contributed by atoms with Gasteiger partial charge in [-0.1, -0.05) is 24.4 Å². The number of carbonyl (C=O) groups is 2. The molecule has 3 N–H and O–H groups in total. The van der Waals surface area contributed by atoms with Crippen LogP contribution in [0.5, 0.6) is 0 Å². The SMILES string of the molecule is CC(=O)Nc1cc(NC(=O)[C@@]23CCCC[C@H]2CNC3)ccc1Cl.Cl. The highest BCUT2D eigenvalue weighted by Crippen LogP contribution is 2.44. The standard InChI is InChI=1S/C17H22ClN3O2.ClH/c1-11(22)20-15-8-13(5-6-14(15)18)21-16(23)17-7-3-2-4-12(17)9-19-10-17;/h5-6,8,12,19H,2-4,7,9-10H2,1H3,(H,20,22)(H,21,23);1H/t12-,17+;/m0./s1. The van der Waals surface area contributed by atoms with E-state index in [0.29, 0.717) is 22.3 Å². The predicted molar refractivity (Wildman–Crippen MR) is 98.9 cm³/mol. The van der Waals surface area contributed by atoms with E-state index in [1.165, 1.54) is 13.3 Å². The van der Waals surface area contributed by atoms with Crippen molar-refractivity contribution in [1.82, 2.24) is 5.32 Å². The Morgan fingerprint density at radius 2 is 2.08 bits per heavy atom. The Morgan fingerprint density at radius 1 is 1.29 bits per heavy atom. The van der Waals surface area contributed by atoms with E-state index >= 15 is 0 Å². The van der Waals surface area contributed by atoms with Gasteiger partial charge in [-0.05, 0) is 43.5 Å². The minimum Gasteiger partial charge on any atom is -0.325 e. The highest BCUT2D eigenvalue weighted by atomic mass is 35.5. The van der Waals surface area contributed by atoms with Gasteiger partial charge >= 0.3 is 0 Å². The Balaban J connectivity index is 0.00000208. The molecule has 1 saturated carbocycles. The van der Waals surface area contributed by atoms with E-state index in [1.54, 1.807) is 18.2 Å². The smallest absolute Gasteiger partial charge is 0.232 e. The molecule has 0 spiro atoms. The van der Waals surface area contributed by atoms with Gasteiger partial charge in [0.1, 0.15) is 0 Å². The van der Waals surface area contributed by atoms with Crippen LogP contribution in [-0.2, 0) is 9.59 Å². The van der Waals surface area contributed by atoms with Crippen molar-refractivity contribution in [2.45, 2.75) is 32.6 Å². The second-order valence-electron chi connectivity index (χ2n) is 6.56. The Labute approximate surface area is 153 Å². The van der Waals surface area contributed by atoms with Gasteiger partial charge in [0.25, 0.3) is 0 Å². The second kappa shape index (κ2) is 7.72. The number of rotatable bonds is 3. The molecule has 1 saturated heterocycles. The van der Waals surface area contributed by atoms with Crippen LogP contribution in [0.25, 0.3) is 0 Å². The number of hydrogen-bond donors (Lipinski definition) is 3. The summed E-state index contributed by atoms with van der Waals surface area (Å²) in [4.78, 5) is 24.1. The van der Waals surface area contributed by atoms with Crippen LogP contribution in [-0.4, -0.2) is 24.9 Å². The number of amides is 2. The summed E-state index contributed by atoms with van der Waals surface area (Å²) < 4.78 is 0. The van der Waals surface area contributed by atoms with Crippen molar-refractivity contribution in [1.29, 1.82) is 0 Å². The molecule has 1 aromatic rings. The highest BCUT2D eigenvalue weighted by Gasteiger charge is 2.49. The zero-order chi connectivity index (χ0) is 16.4. The molecular formula is C17H23Cl2N3O2. The van der Waals surface area contributed by atoms with Crippen LogP contribution in [0.3, 0.4) is 0 Å². The van der Waals surface area contributed by atoms with E-state index in [-0.39, 0.29) is 29.6 Å². The maximum absolute atomic E-state index is 12.9. The molecule has 0 aromatic heterocycles. The lowest BCUT2D eigenvalue weighted by Gasteiger charge is -2.37. The molecule has 3 rings (SSSR count). The van der Waals surface area contributed by atoms with Crippen LogP contribution in [0.1, 0.15) is 32.6 Å². The molecule has 24 heavy (non-hydrogen) atoms. The highest BCUT2D eigenvalue weighted by molar-refractivity contribution is 6.33. The third-order valence-corrected chi connectivity index (χ3v) is 5.35. The first-order valence-electron chi connectivity index (χ1n) is 8.10. The minimum atomic E-state index is -0.300. The van der Waals surface area contributed by atoms with Gasteiger partial charge in [0.2, 0.25) is 11.8 Å². The zero-order valence-corrected chi connectivity index (χ0v) is 15.2. The van der Waals surface area contributed by atoms with E-state index in [2.05, 4.69) is 16.0 Å². The zero-order valence-electron chi connectivity index (χ0n) is 13.7. The average Bonchev–Trinajstić information content (AvgIpc) is 2.95. The number of benzene rings is 1. The van der Waals surface area contributed by atoms with Gasteiger partial charge < -0.3 is 16.0 Å². The van der Waals surface area contributed by atoms with Crippen LogP contribution in [0.15, 0.2) is 18.2 Å². The molecule has 2 fully saturated rings. The fourth-order valence-electron chi connectivity index (χ4n) is 3.83. The largest absolute Gasteiger partial charge is 0.325 e. The monoisotopic (exact) mass is 371 g/mol. The van der Waals surface area contributed by atoms with E-state index < -0.39 is 0 Å². The molecular weight excluding hydrogens is 349 g/mol. The van der Waals surface area contributed by atoms with Gasteiger partial charge in [-0.15, -0.1) is 12.4 Å². The molecule has 2 aliphatic rings. The second-order valence-corrected chi connectivity index (χ2v) is 6.97. The van der Waals surface area contributed by atoms with Crippen LogP contribution in [0.4, 0.5) is 11.4 Å². The van der Waals surface area contributed by atoms with Crippen molar-refractivity contribution in [2.24, 2.45) is 11.3 Å². The molecule has 0 bridgehead atoms. The normalized spacial score (nSPS) is 25.3. The number of anilines is 2. The fraction of sp³-hybridized carbons (Fsp3) is 0.529. The van der Waals surface area contributed by atoms with Crippen molar-refractivity contribution in [3.05, 3.63) is 23.2 Å². The Hall–Kier alpha value is -1.30. The first kappa shape index (κ1) is 19.0. The van der Waals surface area contributed by atoms with Gasteiger partial charge in [0.05, 0.1) is 16.1 Å². The number of halogens is 2. The van der Waals surface area contributed by atoms with Gasteiger partial charge in [-0.2, -0.15) is 0 Å². The summed E-state index contributed by atoms with van der Waals surface area (Å²) >= 11 is 6.08. The first-order valence-corrected chi connectivity index (χ1v) is 8.48. The molecule has 7 heteroatoms. The molecule has 132 valence electrons. The van der Waals surface area contributed by atoms with Crippen LogP contribution >= 0.6 is 24.0 Å². The summed E-state index contributed by atoms with van der Waals surface area (Å²) in [6, 6.07) is 5.16. The minimum absolute atomic E-state index is 0. The summed E-state index contributed by atoms with van der Waals surface area (Å²) in [7, 11) is 0. The van der Waals surface area contributed by atoms with Crippen LogP contribution < -0.4 is 16.0 Å². The van der Waals surface area contributed by atoms with Gasteiger partial charge in [-0.3, -0.25) is 9.59 Å². The lowest BCUT2D eigenvalue weighted by molar-refractivity contribution is -0.128. The summed E-state index contributed by atoms with van der Waals surface area (Å²) in [6.07, 6.45) is 4.35. The molecule has 5 nitrogen and oxygen atoms in total. The molecule has 2 atom stereocenters. The lowest BCUT2D eigenvalue weighted by atomic mass is 9.67. The van der Waals surface area contributed by atoms with Crippen molar-refractivity contribution in [3.8, 4) is 0 Å². The Kier molecular flexibility index (Phi) is 6.12. The maximum Gasteiger partial charge on any atom is 0.232 e. The Bertz CT molecular complexity index is 638. The van der Waals surface area contributed by atoms with Crippen molar-refractivity contribution in [2.75, 3.05) is 23.7 Å². The molecule has 0 unspecified atom stereocenters. The molecule has 2 amide bonds. The number of fused-ring (bicyclic) bond motifs is 1. The van der Waals surface area contributed by atoms with Gasteiger partial charge in [0.15, 0.2) is 0 Å². The predicted octanol–water partition coefficient (Wildman–Crippen LogP) is 3.44. The summed E-state index contributed by atoms with van der Waals surface area (Å²) in [5, 5.41) is 9.53. The maximum atomic E-state index is 12.9. The number of hydrogen-bond acceptors (Lipinski definition) is 3. The molecule has 1 heterocycles. The molecule has 1 aliphatic carbocycles. The molecule has 1 aliphatic heterocycles. The fourth-order valence-corrected chi connectivity index (χ4v) is 4.00. The van der Waals surface area contributed by atoms with Crippen LogP contribution in [0, 0.1) is 11.3 Å². The summed E-state index contributed by atoms with van der Waals surface area (Å²) in [5.74, 6) is 0.294. The molecule has 0 radical (unpaired) electrons. The van der Waals surface area contributed by atoms with E-state index in [9.17, 15) is 9.59 Å².